The molecule has 174 valence electrons. The van der Waals surface area contributed by atoms with Gasteiger partial charge in [-0.05, 0) is 35.1 Å². The molecule has 5 heteroatoms. The molecule has 0 spiro atoms. The Kier molecular flexibility index (Phi) is 6.82. The van der Waals surface area contributed by atoms with Gasteiger partial charge in [0.1, 0.15) is 5.58 Å². The Morgan fingerprint density at radius 1 is 0.912 bits per heavy atom. The van der Waals surface area contributed by atoms with Crippen LogP contribution < -0.4 is 15.5 Å². The number of nitrogens with one attached hydrogen (secondary N) is 1. The first kappa shape index (κ1) is 23.3. The van der Waals surface area contributed by atoms with Crippen LogP contribution in [-0.4, -0.2) is 19.1 Å². The molecule has 0 aliphatic rings. The van der Waals surface area contributed by atoms with Gasteiger partial charge in [-0.3, -0.25) is 9.59 Å². The van der Waals surface area contributed by atoms with Crippen LogP contribution in [0.1, 0.15) is 31.9 Å². The molecule has 0 bridgehead atoms. The monoisotopic (exact) mass is 455 g/mol. The lowest BCUT2D eigenvalue weighted by Crippen LogP contribution is -2.31. The smallest absolute Gasteiger partial charge is 0.257 e. The van der Waals surface area contributed by atoms with Gasteiger partial charge in [0, 0.05) is 12.1 Å². The van der Waals surface area contributed by atoms with Crippen molar-refractivity contribution >= 4 is 16.9 Å². The minimum Gasteiger partial charge on any atom is -0.476 e. The Labute approximate surface area is 199 Å². The van der Waals surface area contributed by atoms with Crippen molar-refractivity contribution in [2.24, 2.45) is 0 Å². The van der Waals surface area contributed by atoms with Crippen LogP contribution in [0, 0.1) is 0 Å². The Morgan fingerprint density at radius 3 is 2.29 bits per heavy atom. The summed E-state index contributed by atoms with van der Waals surface area (Å²) in [7, 11) is 0. The molecule has 1 aromatic heterocycles. The van der Waals surface area contributed by atoms with Gasteiger partial charge in [-0.25, -0.2) is 0 Å². The van der Waals surface area contributed by atoms with Crippen LogP contribution in [0.4, 0.5) is 0 Å². The van der Waals surface area contributed by atoms with E-state index in [1.807, 2.05) is 60.7 Å². The molecule has 4 rings (SSSR count). The quantitative estimate of drug-likeness (QED) is 0.400. The lowest BCUT2D eigenvalue weighted by molar-refractivity contribution is -0.123. The van der Waals surface area contributed by atoms with Crippen LogP contribution in [0.5, 0.6) is 5.75 Å². The van der Waals surface area contributed by atoms with E-state index in [2.05, 4.69) is 26.1 Å². The van der Waals surface area contributed by atoms with Crippen LogP contribution in [0.25, 0.3) is 22.3 Å². The number of rotatable bonds is 7. The van der Waals surface area contributed by atoms with Crippen molar-refractivity contribution < 1.29 is 13.9 Å². The normalized spacial score (nSPS) is 11.4. The maximum atomic E-state index is 13.2. The van der Waals surface area contributed by atoms with E-state index in [1.54, 1.807) is 18.2 Å². The van der Waals surface area contributed by atoms with Gasteiger partial charge >= 0.3 is 0 Å². The third-order valence-electron chi connectivity index (χ3n) is 5.70. The van der Waals surface area contributed by atoms with E-state index in [-0.39, 0.29) is 29.1 Å². The number of ether oxygens (including phenoxy) is 1. The van der Waals surface area contributed by atoms with Gasteiger partial charge in [0.2, 0.25) is 11.2 Å². The van der Waals surface area contributed by atoms with Crippen molar-refractivity contribution in [3.8, 4) is 17.1 Å². The highest BCUT2D eigenvalue weighted by atomic mass is 16.5. The summed E-state index contributed by atoms with van der Waals surface area (Å²) in [5.74, 6) is 0.0687. The molecule has 1 heterocycles. The number of hydrogen-bond donors (Lipinski definition) is 1. The van der Waals surface area contributed by atoms with Crippen LogP contribution in [0.15, 0.2) is 88.1 Å². The van der Waals surface area contributed by atoms with E-state index in [4.69, 9.17) is 9.15 Å². The third-order valence-corrected chi connectivity index (χ3v) is 5.70. The van der Waals surface area contributed by atoms with Gasteiger partial charge in [0.25, 0.3) is 5.91 Å². The first-order valence-corrected chi connectivity index (χ1v) is 11.4. The summed E-state index contributed by atoms with van der Waals surface area (Å²) >= 11 is 0. The summed E-state index contributed by atoms with van der Waals surface area (Å²) in [5.41, 5.74) is 3.20. The van der Waals surface area contributed by atoms with Gasteiger partial charge in [0.05, 0.1) is 5.39 Å². The molecule has 0 saturated carbocycles. The highest BCUT2D eigenvalue weighted by molar-refractivity contribution is 5.83. The summed E-state index contributed by atoms with van der Waals surface area (Å²) in [6.45, 7) is 6.64. The van der Waals surface area contributed by atoms with Crippen LogP contribution in [0.3, 0.4) is 0 Å². The van der Waals surface area contributed by atoms with Gasteiger partial charge in [-0.1, -0.05) is 87.5 Å². The maximum absolute atomic E-state index is 13.2. The number of fused-ring (bicyclic) bond motifs is 1. The van der Waals surface area contributed by atoms with Crippen molar-refractivity contribution in [1.29, 1.82) is 0 Å². The van der Waals surface area contributed by atoms with Gasteiger partial charge < -0.3 is 14.5 Å². The van der Waals surface area contributed by atoms with Crippen LogP contribution in [0.2, 0.25) is 0 Å². The third kappa shape index (κ3) is 5.37. The van der Waals surface area contributed by atoms with Gasteiger partial charge in [-0.2, -0.15) is 0 Å². The van der Waals surface area contributed by atoms with Crippen LogP contribution in [-0.2, 0) is 16.6 Å². The first-order valence-electron chi connectivity index (χ1n) is 11.4. The van der Waals surface area contributed by atoms with E-state index in [9.17, 15) is 9.59 Å². The van der Waals surface area contributed by atoms with E-state index in [1.165, 1.54) is 5.56 Å². The Hall–Kier alpha value is -3.86. The fraction of sp³-hybridized carbons (Fsp3) is 0.241. The molecule has 0 fully saturated rings. The largest absolute Gasteiger partial charge is 0.476 e. The number of amides is 1. The van der Waals surface area contributed by atoms with Gasteiger partial charge in [-0.15, -0.1) is 0 Å². The van der Waals surface area contributed by atoms with Crippen molar-refractivity contribution in [2.45, 2.75) is 32.6 Å². The second kappa shape index (κ2) is 9.96. The molecule has 34 heavy (non-hydrogen) atoms. The maximum Gasteiger partial charge on any atom is 0.257 e. The Bertz CT molecular complexity index is 1330. The van der Waals surface area contributed by atoms with E-state index in [0.717, 1.165) is 17.5 Å². The van der Waals surface area contributed by atoms with Gasteiger partial charge in [0.15, 0.2) is 12.4 Å². The molecular formula is C29H29NO4. The summed E-state index contributed by atoms with van der Waals surface area (Å²) in [6.07, 6.45) is 0.718. The summed E-state index contributed by atoms with van der Waals surface area (Å²) in [4.78, 5) is 25.7. The number of carbonyl (C=O) groups excluding carboxylic acids is 1. The Balaban J connectivity index is 1.56. The fourth-order valence-corrected chi connectivity index (χ4v) is 3.75. The molecule has 0 saturated heterocycles. The number of para-hydroxylation sites is 1. The zero-order valence-corrected chi connectivity index (χ0v) is 19.8. The van der Waals surface area contributed by atoms with E-state index in [0.29, 0.717) is 23.3 Å². The zero-order chi connectivity index (χ0) is 24.1. The second-order valence-corrected chi connectivity index (χ2v) is 9.29. The first-order chi connectivity index (χ1) is 16.3. The molecular weight excluding hydrogens is 426 g/mol. The fourth-order valence-electron chi connectivity index (χ4n) is 3.75. The van der Waals surface area contributed by atoms with Crippen molar-refractivity contribution in [3.05, 3.63) is 100 Å². The predicted octanol–water partition coefficient (Wildman–Crippen LogP) is 5.50. The zero-order valence-electron chi connectivity index (χ0n) is 19.8. The topological polar surface area (TPSA) is 68.5 Å². The minimum atomic E-state index is -0.297. The molecule has 5 nitrogen and oxygen atoms in total. The minimum absolute atomic E-state index is 0.0000790. The average Bonchev–Trinajstić information content (AvgIpc) is 2.83. The van der Waals surface area contributed by atoms with E-state index < -0.39 is 0 Å². The van der Waals surface area contributed by atoms with Crippen molar-refractivity contribution in [2.75, 3.05) is 13.2 Å². The van der Waals surface area contributed by atoms with E-state index >= 15 is 0 Å². The molecule has 1 amide bonds. The number of hydrogen-bond acceptors (Lipinski definition) is 4. The molecule has 0 radical (unpaired) electrons. The summed E-state index contributed by atoms with van der Waals surface area (Å²) < 4.78 is 11.9. The standard InChI is InChI=1S/C29H29NO4/c1-29(2,3)22-15-13-21(14-16-22)27-28(26(32)23-11-7-8-12-24(23)34-27)33-19-25(31)30-18-17-20-9-5-4-6-10-20/h4-16H,17-19H2,1-3H3,(H,30,31). The molecule has 3 aromatic carbocycles. The molecule has 0 aliphatic heterocycles. The highest BCUT2D eigenvalue weighted by Gasteiger charge is 2.20. The van der Waals surface area contributed by atoms with Crippen LogP contribution >= 0.6 is 0 Å². The molecule has 0 aliphatic carbocycles. The summed E-state index contributed by atoms with van der Waals surface area (Å²) in [5, 5.41) is 3.26. The highest BCUT2D eigenvalue weighted by Crippen LogP contribution is 2.32. The lowest BCUT2D eigenvalue weighted by atomic mass is 9.86. The Morgan fingerprint density at radius 2 is 1.59 bits per heavy atom. The SMILES string of the molecule is CC(C)(C)c1ccc(-c2oc3ccccc3c(=O)c2OCC(=O)NCCc2ccccc2)cc1. The molecule has 4 aromatic rings. The predicted molar refractivity (Wildman–Crippen MR) is 135 cm³/mol. The number of benzene rings is 3. The molecule has 0 atom stereocenters. The average molecular weight is 456 g/mol. The summed E-state index contributed by atoms with van der Waals surface area (Å²) in [6, 6.07) is 24.8. The molecule has 0 unspecified atom stereocenters. The number of carbonyl (C=O) groups is 1. The van der Waals surface area contributed by atoms with Crippen molar-refractivity contribution in [1.82, 2.24) is 5.32 Å². The lowest BCUT2D eigenvalue weighted by Gasteiger charge is -2.19. The van der Waals surface area contributed by atoms with Crippen molar-refractivity contribution in [3.63, 3.8) is 0 Å². The second-order valence-electron chi connectivity index (χ2n) is 9.29. The molecule has 1 N–H and O–H groups in total.